The topological polar surface area (TPSA) is 68.2 Å². The van der Waals surface area contributed by atoms with Crippen molar-refractivity contribution < 1.29 is 9.53 Å². The molecule has 21 heavy (non-hydrogen) atoms. The number of nitrogens with zero attached hydrogens (tertiary/aromatic N) is 2. The maximum atomic E-state index is 11.7. The van der Waals surface area contributed by atoms with Gasteiger partial charge in [-0.1, -0.05) is 0 Å². The smallest absolute Gasteiger partial charge is 0.220 e. The number of rotatable bonds is 6. The Hall–Kier alpha value is -1.40. The molecule has 0 aromatic carbocycles. The van der Waals surface area contributed by atoms with Crippen LogP contribution < -0.4 is 10.6 Å². The molecule has 0 saturated carbocycles. The van der Waals surface area contributed by atoms with Crippen LogP contribution in [0, 0.1) is 0 Å². The molecule has 0 radical (unpaired) electrons. The number of piperidine rings is 1. The van der Waals surface area contributed by atoms with Crippen molar-refractivity contribution in [3.8, 4) is 0 Å². The molecule has 1 amide bonds. The molecule has 1 aromatic heterocycles. The van der Waals surface area contributed by atoms with Crippen molar-refractivity contribution in [3.05, 3.63) is 18.0 Å². The number of ether oxygens (including phenoxy) is 1. The van der Waals surface area contributed by atoms with Gasteiger partial charge in [0, 0.05) is 31.7 Å². The van der Waals surface area contributed by atoms with E-state index in [9.17, 15) is 4.79 Å². The number of hydrogen-bond donors (Lipinski definition) is 2. The molecule has 1 aromatic rings. The highest BCUT2D eigenvalue weighted by molar-refractivity contribution is 5.77. The van der Waals surface area contributed by atoms with Crippen LogP contribution in [0.5, 0.6) is 0 Å². The van der Waals surface area contributed by atoms with Crippen molar-refractivity contribution in [1.82, 2.24) is 20.4 Å². The summed E-state index contributed by atoms with van der Waals surface area (Å²) in [5.74, 6) is 0.102. The third kappa shape index (κ3) is 4.28. The zero-order valence-electron chi connectivity index (χ0n) is 13.3. The molecule has 1 saturated heterocycles. The summed E-state index contributed by atoms with van der Waals surface area (Å²) in [5, 5.41) is 10.9. The lowest BCUT2D eigenvalue weighted by atomic mass is 9.94. The summed E-state index contributed by atoms with van der Waals surface area (Å²) >= 11 is 0. The van der Waals surface area contributed by atoms with E-state index in [-0.39, 0.29) is 30.1 Å². The van der Waals surface area contributed by atoms with E-state index in [1.54, 1.807) is 6.20 Å². The number of carbonyl (C=O) groups excluding carboxylic acids is 1. The van der Waals surface area contributed by atoms with Gasteiger partial charge in [0.2, 0.25) is 5.91 Å². The number of amides is 1. The van der Waals surface area contributed by atoms with Crippen molar-refractivity contribution >= 4 is 5.91 Å². The molecule has 0 spiro atoms. The average Bonchev–Trinajstić information content (AvgIpc) is 2.84. The Morgan fingerprint density at radius 2 is 2.29 bits per heavy atom. The predicted molar refractivity (Wildman–Crippen MR) is 80.8 cm³/mol. The summed E-state index contributed by atoms with van der Waals surface area (Å²) < 4.78 is 7.47. The first-order valence-electron chi connectivity index (χ1n) is 7.62. The van der Waals surface area contributed by atoms with Crippen LogP contribution in [-0.4, -0.2) is 40.5 Å². The van der Waals surface area contributed by atoms with Gasteiger partial charge in [0.15, 0.2) is 0 Å². The first-order valence-corrected chi connectivity index (χ1v) is 7.62. The van der Waals surface area contributed by atoms with Crippen molar-refractivity contribution in [2.75, 3.05) is 6.61 Å². The Morgan fingerprint density at radius 3 is 2.90 bits per heavy atom. The monoisotopic (exact) mass is 294 g/mol. The first kappa shape index (κ1) is 16.0. The van der Waals surface area contributed by atoms with E-state index in [1.807, 2.05) is 31.6 Å². The van der Waals surface area contributed by atoms with Gasteiger partial charge in [0.25, 0.3) is 0 Å². The number of aryl methyl sites for hydroxylation is 1. The number of carbonyl (C=O) groups is 1. The molecular formula is C15H26N4O2. The van der Waals surface area contributed by atoms with Crippen molar-refractivity contribution in [1.29, 1.82) is 0 Å². The Bertz CT molecular complexity index is 472. The number of aromatic nitrogens is 2. The number of nitrogens with one attached hydrogen (secondary N) is 2. The highest BCUT2D eigenvalue weighted by Crippen LogP contribution is 2.24. The highest BCUT2D eigenvalue weighted by Gasteiger charge is 2.32. The highest BCUT2D eigenvalue weighted by atomic mass is 16.5. The van der Waals surface area contributed by atoms with Crippen LogP contribution in [0.3, 0.4) is 0 Å². The predicted octanol–water partition coefficient (Wildman–Crippen LogP) is 1.14. The largest absolute Gasteiger partial charge is 0.377 e. The van der Waals surface area contributed by atoms with Crippen LogP contribution in [0.15, 0.2) is 12.3 Å². The quantitative estimate of drug-likeness (QED) is 0.825. The fourth-order valence-electron chi connectivity index (χ4n) is 2.70. The lowest BCUT2D eigenvalue weighted by Gasteiger charge is -2.35. The third-order valence-electron chi connectivity index (χ3n) is 3.76. The van der Waals surface area contributed by atoms with E-state index in [4.69, 9.17) is 4.74 Å². The second-order valence-corrected chi connectivity index (χ2v) is 6.02. The molecule has 6 nitrogen and oxygen atoms in total. The van der Waals surface area contributed by atoms with Crippen molar-refractivity contribution in [3.63, 3.8) is 0 Å². The number of hydrogen-bond acceptors (Lipinski definition) is 4. The van der Waals surface area contributed by atoms with Crippen LogP contribution in [0.25, 0.3) is 0 Å². The van der Waals surface area contributed by atoms with Crippen molar-refractivity contribution in [2.45, 2.75) is 57.8 Å². The van der Waals surface area contributed by atoms with Gasteiger partial charge in [-0.05, 0) is 33.3 Å². The zero-order chi connectivity index (χ0) is 15.4. The minimum atomic E-state index is -0.0414. The molecule has 2 rings (SSSR count). The van der Waals surface area contributed by atoms with E-state index >= 15 is 0 Å². The molecule has 2 N–H and O–H groups in total. The Kier molecular flexibility index (Phi) is 5.36. The minimum Gasteiger partial charge on any atom is -0.377 e. The fraction of sp³-hybridized carbons (Fsp3) is 0.733. The van der Waals surface area contributed by atoms with E-state index in [2.05, 4.69) is 22.7 Å². The second-order valence-electron chi connectivity index (χ2n) is 6.02. The maximum Gasteiger partial charge on any atom is 0.220 e. The summed E-state index contributed by atoms with van der Waals surface area (Å²) in [6.07, 6.45) is 3.38. The molecule has 2 heterocycles. The standard InChI is InChI=1S/C15H26N4O2/c1-10(2)21-9-11(3)17-12-5-6-14(20)18-15(12)13-7-8-16-19(13)4/h7-8,10-12,15,17H,5-6,9H2,1-4H3,(H,18,20)/t11?,12-,15-/m1/s1. The van der Waals surface area contributed by atoms with Crippen LogP contribution in [0.1, 0.15) is 45.3 Å². The average molecular weight is 294 g/mol. The lowest BCUT2D eigenvalue weighted by Crippen LogP contribution is -2.52. The van der Waals surface area contributed by atoms with Gasteiger partial charge in [0.05, 0.1) is 24.4 Å². The Balaban J connectivity index is 2.02. The lowest BCUT2D eigenvalue weighted by molar-refractivity contribution is -0.124. The van der Waals surface area contributed by atoms with Crippen LogP contribution in [0.2, 0.25) is 0 Å². The normalized spacial score (nSPS) is 24.1. The summed E-state index contributed by atoms with van der Waals surface area (Å²) in [6.45, 7) is 6.84. The molecule has 1 aliphatic rings. The SMILES string of the molecule is CC(COC(C)C)N[C@@H]1CCC(=O)N[C@H]1c1ccnn1C. The van der Waals surface area contributed by atoms with Gasteiger partial charge in [-0.2, -0.15) is 5.10 Å². The molecule has 0 bridgehead atoms. The van der Waals surface area contributed by atoms with E-state index in [0.717, 1.165) is 12.1 Å². The van der Waals surface area contributed by atoms with Crippen LogP contribution in [-0.2, 0) is 16.6 Å². The van der Waals surface area contributed by atoms with Gasteiger partial charge in [-0.3, -0.25) is 9.48 Å². The summed E-state index contributed by atoms with van der Waals surface area (Å²) in [5.41, 5.74) is 1.03. The molecule has 1 aliphatic heterocycles. The molecular weight excluding hydrogens is 268 g/mol. The molecule has 3 atom stereocenters. The van der Waals surface area contributed by atoms with E-state index in [1.165, 1.54) is 0 Å². The fourth-order valence-corrected chi connectivity index (χ4v) is 2.70. The van der Waals surface area contributed by atoms with Gasteiger partial charge in [-0.15, -0.1) is 0 Å². The van der Waals surface area contributed by atoms with Gasteiger partial charge < -0.3 is 15.4 Å². The molecule has 6 heteroatoms. The van der Waals surface area contributed by atoms with Gasteiger partial charge in [0.1, 0.15) is 0 Å². The maximum absolute atomic E-state index is 11.7. The zero-order valence-corrected chi connectivity index (χ0v) is 13.3. The summed E-state index contributed by atoms with van der Waals surface area (Å²) in [4.78, 5) is 11.7. The third-order valence-corrected chi connectivity index (χ3v) is 3.76. The molecule has 1 fully saturated rings. The Labute approximate surface area is 126 Å². The van der Waals surface area contributed by atoms with Gasteiger partial charge in [-0.25, -0.2) is 0 Å². The molecule has 0 aliphatic carbocycles. The molecule has 1 unspecified atom stereocenters. The second kappa shape index (κ2) is 7.04. The summed E-state index contributed by atoms with van der Waals surface area (Å²) in [7, 11) is 1.90. The van der Waals surface area contributed by atoms with E-state index in [0.29, 0.717) is 13.0 Å². The van der Waals surface area contributed by atoms with Gasteiger partial charge >= 0.3 is 0 Å². The molecule has 118 valence electrons. The van der Waals surface area contributed by atoms with Crippen LogP contribution in [0.4, 0.5) is 0 Å². The van der Waals surface area contributed by atoms with Crippen molar-refractivity contribution in [2.24, 2.45) is 7.05 Å². The van der Waals surface area contributed by atoms with E-state index < -0.39 is 0 Å². The van der Waals surface area contributed by atoms with Crippen LogP contribution >= 0.6 is 0 Å². The minimum absolute atomic E-state index is 0.0414. The first-order chi connectivity index (χ1) is 9.97. The summed E-state index contributed by atoms with van der Waals surface area (Å²) in [6, 6.07) is 2.35. The Morgan fingerprint density at radius 1 is 1.52 bits per heavy atom.